The lowest BCUT2D eigenvalue weighted by Gasteiger charge is -2.13. The summed E-state index contributed by atoms with van der Waals surface area (Å²) >= 11 is 5.36. The summed E-state index contributed by atoms with van der Waals surface area (Å²) in [4.78, 5) is 0. The fourth-order valence-corrected chi connectivity index (χ4v) is 4.19. The minimum atomic E-state index is 0.868. The van der Waals surface area contributed by atoms with Gasteiger partial charge in [0.15, 0.2) is 0 Å². The molecule has 20 heavy (non-hydrogen) atoms. The zero-order valence-corrected chi connectivity index (χ0v) is 13.9. The van der Waals surface area contributed by atoms with E-state index >= 15 is 0 Å². The van der Waals surface area contributed by atoms with Crippen LogP contribution < -0.4 is 5.32 Å². The van der Waals surface area contributed by atoms with Crippen LogP contribution in [0.5, 0.6) is 0 Å². The summed E-state index contributed by atoms with van der Waals surface area (Å²) in [6, 6.07) is 12.9. The van der Waals surface area contributed by atoms with E-state index in [1.54, 1.807) is 0 Å². The molecule has 0 unspecified atom stereocenters. The van der Waals surface area contributed by atoms with Crippen LogP contribution >= 0.6 is 27.3 Å². The van der Waals surface area contributed by atoms with Gasteiger partial charge in [0.05, 0.1) is 0 Å². The maximum absolute atomic E-state index is 3.59. The van der Waals surface area contributed by atoms with Crippen LogP contribution in [-0.2, 0) is 6.54 Å². The first kappa shape index (κ1) is 13.7. The van der Waals surface area contributed by atoms with Crippen molar-refractivity contribution in [3.05, 3.63) is 62.9 Å². The number of thiophene rings is 1. The third-order valence-corrected chi connectivity index (χ3v) is 4.98. The van der Waals surface area contributed by atoms with Gasteiger partial charge in [-0.15, -0.1) is 11.3 Å². The molecule has 2 aromatic carbocycles. The molecule has 0 saturated carbocycles. The van der Waals surface area contributed by atoms with E-state index in [4.69, 9.17) is 0 Å². The maximum Gasteiger partial charge on any atom is 0.0415 e. The normalized spacial score (nSPS) is 10.9. The molecule has 0 spiro atoms. The molecule has 0 fully saturated rings. The molecule has 1 aromatic heterocycles. The van der Waals surface area contributed by atoms with Crippen LogP contribution in [-0.4, -0.2) is 0 Å². The molecule has 0 amide bonds. The highest BCUT2D eigenvalue weighted by molar-refractivity contribution is 9.10. The molecule has 0 aliphatic heterocycles. The van der Waals surface area contributed by atoms with Crippen molar-refractivity contribution >= 4 is 43.0 Å². The van der Waals surface area contributed by atoms with Gasteiger partial charge in [-0.2, -0.15) is 0 Å². The van der Waals surface area contributed by atoms with E-state index in [1.165, 1.54) is 32.5 Å². The molecular weight excluding hydrogens is 330 g/mol. The average molecular weight is 346 g/mol. The van der Waals surface area contributed by atoms with Crippen molar-refractivity contribution in [2.24, 2.45) is 0 Å². The Bertz CT molecular complexity index is 738. The molecule has 1 heterocycles. The second-order valence-electron chi connectivity index (χ2n) is 5.03. The first-order valence-electron chi connectivity index (χ1n) is 6.61. The average Bonchev–Trinajstić information content (AvgIpc) is 2.81. The number of fused-ring (bicyclic) bond motifs is 1. The van der Waals surface area contributed by atoms with Gasteiger partial charge in [-0.1, -0.05) is 34.1 Å². The Labute approximate surface area is 131 Å². The Morgan fingerprint density at radius 1 is 1.10 bits per heavy atom. The smallest absolute Gasteiger partial charge is 0.0415 e. The van der Waals surface area contributed by atoms with E-state index in [9.17, 15) is 0 Å². The molecule has 0 bridgehead atoms. The van der Waals surface area contributed by atoms with Gasteiger partial charge < -0.3 is 5.32 Å². The lowest BCUT2D eigenvalue weighted by molar-refractivity contribution is 1.15. The predicted molar refractivity (Wildman–Crippen MR) is 92.8 cm³/mol. The molecule has 102 valence electrons. The highest BCUT2D eigenvalue weighted by Crippen LogP contribution is 2.29. The lowest BCUT2D eigenvalue weighted by atomic mass is 10.1. The zero-order valence-electron chi connectivity index (χ0n) is 11.5. The van der Waals surface area contributed by atoms with E-state index in [1.807, 2.05) is 11.3 Å². The lowest BCUT2D eigenvalue weighted by Crippen LogP contribution is -2.02. The van der Waals surface area contributed by atoms with Crippen LogP contribution in [0.15, 0.2) is 46.3 Å². The van der Waals surface area contributed by atoms with Gasteiger partial charge in [-0.25, -0.2) is 0 Å². The summed E-state index contributed by atoms with van der Waals surface area (Å²) in [5, 5.41) is 7.20. The first-order chi connectivity index (χ1) is 9.65. The van der Waals surface area contributed by atoms with Gasteiger partial charge in [-0.3, -0.25) is 0 Å². The molecule has 0 atom stereocenters. The summed E-state index contributed by atoms with van der Waals surface area (Å²) in [7, 11) is 0. The first-order valence-corrected chi connectivity index (χ1v) is 8.28. The van der Waals surface area contributed by atoms with Gasteiger partial charge in [0.2, 0.25) is 0 Å². The van der Waals surface area contributed by atoms with E-state index in [0.717, 1.165) is 11.0 Å². The van der Waals surface area contributed by atoms with Gasteiger partial charge in [0.1, 0.15) is 0 Å². The Morgan fingerprint density at radius 2 is 1.80 bits per heavy atom. The highest BCUT2D eigenvalue weighted by atomic mass is 79.9. The molecular formula is C17H16BrNS. The third-order valence-electron chi connectivity index (χ3n) is 3.51. The van der Waals surface area contributed by atoms with Gasteiger partial charge >= 0.3 is 0 Å². The number of halogens is 1. The molecule has 3 aromatic rings. The van der Waals surface area contributed by atoms with Crippen LogP contribution in [0.2, 0.25) is 0 Å². The highest BCUT2D eigenvalue weighted by Gasteiger charge is 2.06. The second-order valence-corrected chi connectivity index (χ2v) is 6.85. The van der Waals surface area contributed by atoms with E-state index < -0.39 is 0 Å². The van der Waals surface area contributed by atoms with Crippen LogP contribution in [0.4, 0.5) is 5.69 Å². The van der Waals surface area contributed by atoms with Crippen LogP contribution in [0.1, 0.15) is 16.7 Å². The summed E-state index contributed by atoms with van der Waals surface area (Å²) in [6.07, 6.45) is 0. The Kier molecular flexibility index (Phi) is 3.81. The third kappa shape index (κ3) is 2.60. The Morgan fingerprint density at radius 3 is 2.55 bits per heavy atom. The fourth-order valence-electron chi connectivity index (χ4n) is 2.54. The largest absolute Gasteiger partial charge is 0.380 e. The monoisotopic (exact) mass is 345 g/mol. The van der Waals surface area contributed by atoms with E-state index in [2.05, 4.69) is 76.9 Å². The topological polar surface area (TPSA) is 12.0 Å². The van der Waals surface area contributed by atoms with Crippen molar-refractivity contribution in [3.8, 4) is 0 Å². The summed E-state index contributed by atoms with van der Waals surface area (Å²) < 4.78 is 2.49. The molecule has 3 heteroatoms. The molecule has 0 radical (unpaired) electrons. The number of aryl methyl sites for hydroxylation is 2. The molecule has 1 nitrogen and oxygen atoms in total. The molecule has 0 aliphatic carbocycles. The SMILES string of the molecule is Cc1cc(Br)cc(C)c1NCc1csc2ccccc12. The zero-order chi connectivity index (χ0) is 14.1. The van der Waals surface area contributed by atoms with Crippen LogP contribution in [0.3, 0.4) is 0 Å². The summed E-state index contributed by atoms with van der Waals surface area (Å²) in [5.74, 6) is 0. The molecule has 0 saturated heterocycles. The summed E-state index contributed by atoms with van der Waals surface area (Å²) in [5.41, 5.74) is 5.16. The summed E-state index contributed by atoms with van der Waals surface area (Å²) in [6.45, 7) is 5.16. The standard InChI is InChI=1S/C17H16BrNS/c1-11-7-14(18)8-12(2)17(11)19-9-13-10-20-16-6-4-3-5-15(13)16/h3-8,10,19H,9H2,1-2H3. The maximum atomic E-state index is 3.59. The van der Waals surface area contributed by atoms with Crippen molar-refractivity contribution in [2.75, 3.05) is 5.32 Å². The van der Waals surface area contributed by atoms with E-state index in [0.29, 0.717) is 0 Å². The number of hydrogen-bond donors (Lipinski definition) is 1. The molecule has 0 aliphatic rings. The Hall–Kier alpha value is -1.32. The number of anilines is 1. The van der Waals surface area contributed by atoms with Crippen molar-refractivity contribution < 1.29 is 0 Å². The number of nitrogens with one attached hydrogen (secondary N) is 1. The van der Waals surface area contributed by atoms with Crippen molar-refractivity contribution in [3.63, 3.8) is 0 Å². The Balaban J connectivity index is 1.87. The molecule has 1 N–H and O–H groups in total. The van der Waals surface area contributed by atoms with Crippen molar-refractivity contribution in [1.29, 1.82) is 0 Å². The minimum Gasteiger partial charge on any atom is -0.380 e. The quantitative estimate of drug-likeness (QED) is 0.623. The molecule has 3 rings (SSSR count). The van der Waals surface area contributed by atoms with Gasteiger partial charge in [0, 0.05) is 21.4 Å². The number of rotatable bonds is 3. The van der Waals surface area contributed by atoms with E-state index in [-0.39, 0.29) is 0 Å². The predicted octanol–water partition coefficient (Wildman–Crippen LogP) is 5.89. The van der Waals surface area contributed by atoms with Crippen LogP contribution in [0, 0.1) is 13.8 Å². The van der Waals surface area contributed by atoms with Crippen molar-refractivity contribution in [1.82, 2.24) is 0 Å². The van der Waals surface area contributed by atoms with Crippen LogP contribution in [0.25, 0.3) is 10.1 Å². The number of hydrogen-bond acceptors (Lipinski definition) is 2. The van der Waals surface area contributed by atoms with Gasteiger partial charge in [-0.05, 0) is 59.5 Å². The van der Waals surface area contributed by atoms with Crippen molar-refractivity contribution in [2.45, 2.75) is 20.4 Å². The minimum absolute atomic E-state index is 0.868. The fraction of sp³-hybridized carbons (Fsp3) is 0.176. The number of benzene rings is 2. The van der Waals surface area contributed by atoms with Gasteiger partial charge in [0.25, 0.3) is 0 Å². The second kappa shape index (κ2) is 5.58.